The molecule has 0 saturated heterocycles. The lowest BCUT2D eigenvalue weighted by atomic mass is 10.0. The van der Waals surface area contributed by atoms with Crippen molar-refractivity contribution in [1.82, 2.24) is 30.1 Å². The van der Waals surface area contributed by atoms with Gasteiger partial charge < -0.3 is 4.98 Å². The van der Waals surface area contributed by atoms with Gasteiger partial charge in [0, 0.05) is 29.1 Å². The van der Waals surface area contributed by atoms with Crippen LogP contribution in [-0.2, 0) is 12.1 Å². The number of tetrazole rings is 1. The zero-order chi connectivity index (χ0) is 23.0. The number of nitrogens with zero attached hydrogens (tertiary/aromatic N) is 5. The molecule has 0 amide bonds. The Morgan fingerprint density at radius 3 is 2.56 bits per heavy atom. The van der Waals surface area contributed by atoms with Crippen molar-refractivity contribution in [3.05, 3.63) is 51.1 Å². The summed E-state index contributed by atoms with van der Waals surface area (Å²) in [6.45, 7) is 13.3. The second-order valence-electron chi connectivity index (χ2n) is 10.3. The van der Waals surface area contributed by atoms with Crippen LogP contribution in [-0.4, -0.2) is 36.1 Å². The molecule has 1 aromatic carbocycles. The monoisotopic (exact) mass is 436 g/mol. The summed E-state index contributed by atoms with van der Waals surface area (Å²) >= 11 is 0. The summed E-state index contributed by atoms with van der Waals surface area (Å²) in [4.78, 5) is 18.7. The zero-order valence-electron chi connectivity index (χ0n) is 20.3. The van der Waals surface area contributed by atoms with E-state index in [4.69, 9.17) is 0 Å². The van der Waals surface area contributed by atoms with Crippen LogP contribution in [0.5, 0.6) is 0 Å². The Balaban J connectivity index is 1.77. The fourth-order valence-electron chi connectivity index (χ4n) is 5.20. The van der Waals surface area contributed by atoms with Crippen LogP contribution >= 0.6 is 0 Å². The van der Waals surface area contributed by atoms with Crippen molar-refractivity contribution in [3.63, 3.8) is 0 Å². The van der Waals surface area contributed by atoms with Crippen LogP contribution in [0.4, 0.5) is 0 Å². The number of aryl methyl sites for hydroxylation is 2. The standard InChI is InChI=1S/C25H36N6O/c1-7-22(23-27-28-29-31(23)25(4,5)6)30(19-10-8-9-11-19)15-18-14-20-17(3)12-16(2)13-21(20)26-24(18)32/h12-14,19,22H,7-11,15H2,1-6H3,(H,26,32)/t22-/m1/s1. The van der Waals surface area contributed by atoms with Gasteiger partial charge in [0.25, 0.3) is 5.56 Å². The van der Waals surface area contributed by atoms with E-state index in [1.807, 2.05) is 4.68 Å². The van der Waals surface area contributed by atoms with Gasteiger partial charge in [0.1, 0.15) is 0 Å². The van der Waals surface area contributed by atoms with Crippen molar-refractivity contribution in [2.24, 2.45) is 0 Å². The van der Waals surface area contributed by atoms with Gasteiger partial charge in [-0.2, -0.15) is 0 Å². The number of pyridine rings is 1. The van der Waals surface area contributed by atoms with E-state index in [1.165, 1.54) is 18.4 Å². The average molecular weight is 437 g/mol. The topological polar surface area (TPSA) is 79.7 Å². The minimum absolute atomic E-state index is 0.00392. The maximum Gasteiger partial charge on any atom is 0.252 e. The first-order chi connectivity index (χ1) is 15.2. The van der Waals surface area contributed by atoms with Gasteiger partial charge >= 0.3 is 0 Å². The second kappa shape index (κ2) is 8.77. The first-order valence-electron chi connectivity index (χ1n) is 11.9. The summed E-state index contributed by atoms with van der Waals surface area (Å²) in [5, 5.41) is 13.9. The van der Waals surface area contributed by atoms with Crippen molar-refractivity contribution < 1.29 is 0 Å². The average Bonchev–Trinajstić information content (AvgIpc) is 3.40. The molecular formula is C25H36N6O. The molecule has 0 aliphatic heterocycles. The normalized spacial score (nSPS) is 16.3. The molecular weight excluding hydrogens is 400 g/mol. The number of aromatic nitrogens is 5. The molecule has 1 fully saturated rings. The first-order valence-corrected chi connectivity index (χ1v) is 11.9. The minimum atomic E-state index is -0.205. The molecule has 2 aromatic heterocycles. The Hall–Kier alpha value is -2.54. The molecule has 7 heteroatoms. The van der Waals surface area contributed by atoms with E-state index >= 15 is 0 Å². The number of hydrogen-bond donors (Lipinski definition) is 1. The lowest BCUT2D eigenvalue weighted by Gasteiger charge is -2.36. The largest absolute Gasteiger partial charge is 0.322 e. The predicted molar refractivity (Wildman–Crippen MR) is 128 cm³/mol. The van der Waals surface area contributed by atoms with E-state index in [-0.39, 0.29) is 17.1 Å². The van der Waals surface area contributed by atoms with Crippen LogP contribution in [0.25, 0.3) is 10.9 Å². The molecule has 0 spiro atoms. The summed E-state index contributed by atoms with van der Waals surface area (Å²) in [6, 6.07) is 6.80. The molecule has 4 rings (SSSR count). The summed E-state index contributed by atoms with van der Waals surface area (Å²) in [7, 11) is 0. The van der Waals surface area contributed by atoms with Crippen molar-refractivity contribution in [1.29, 1.82) is 0 Å². The zero-order valence-corrected chi connectivity index (χ0v) is 20.3. The van der Waals surface area contributed by atoms with Crippen LogP contribution in [0.3, 0.4) is 0 Å². The van der Waals surface area contributed by atoms with E-state index < -0.39 is 0 Å². The maximum atomic E-state index is 13.1. The quantitative estimate of drug-likeness (QED) is 0.601. The lowest BCUT2D eigenvalue weighted by Crippen LogP contribution is -2.40. The van der Waals surface area contributed by atoms with Crippen LogP contribution < -0.4 is 5.56 Å². The third-order valence-electron chi connectivity index (χ3n) is 6.75. The molecule has 1 N–H and O–H groups in total. The molecule has 32 heavy (non-hydrogen) atoms. The molecule has 2 heterocycles. The van der Waals surface area contributed by atoms with Gasteiger partial charge in [-0.1, -0.05) is 25.8 Å². The van der Waals surface area contributed by atoms with Crippen molar-refractivity contribution in [2.45, 2.75) is 97.8 Å². The van der Waals surface area contributed by atoms with E-state index in [0.717, 1.165) is 47.1 Å². The number of nitrogens with one attached hydrogen (secondary N) is 1. The number of hydrogen-bond acceptors (Lipinski definition) is 5. The Kier molecular flexibility index (Phi) is 6.21. The minimum Gasteiger partial charge on any atom is -0.322 e. The highest BCUT2D eigenvalue weighted by atomic mass is 16.1. The molecule has 1 atom stereocenters. The van der Waals surface area contributed by atoms with Crippen LogP contribution in [0.2, 0.25) is 0 Å². The molecule has 7 nitrogen and oxygen atoms in total. The molecule has 1 aliphatic carbocycles. The highest BCUT2D eigenvalue weighted by molar-refractivity contribution is 5.83. The van der Waals surface area contributed by atoms with Gasteiger partial charge in [-0.25, -0.2) is 4.68 Å². The van der Waals surface area contributed by atoms with Crippen molar-refractivity contribution >= 4 is 10.9 Å². The SMILES string of the molecule is CC[C@H](c1nnnn1C(C)(C)C)N(Cc1cc2c(C)cc(C)cc2[nH]c1=O)C1CCCC1. The number of benzene rings is 1. The third kappa shape index (κ3) is 4.35. The number of rotatable bonds is 6. The van der Waals surface area contributed by atoms with Crippen LogP contribution in [0.15, 0.2) is 23.0 Å². The second-order valence-corrected chi connectivity index (χ2v) is 10.3. The summed E-state index contributed by atoms with van der Waals surface area (Å²) < 4.78 is 1.95. The molecule has 0 bridgehead atoms. The van der Waals surface area contributed by atoms with Crippen molar-refractivity contribution in [2.75, 3.05) is 0 Å². The van der Waals surface area contributed by atoms with Crippen LogP contribution in [0, 0.1) is 13.8 Å². The van der Waals surface area contributed by atoms with Gasteiger partial charge in [-0.3, -0.25) is 9.69 Å². The Morgan fingerprint density at radius 1 is 1.19 bits per heavy atom. The molecule has 1 aliphatic rings. The maximum absolute atomic E-state index is 13.1. The van der Waals surface area contributed by atoms with Gasteiger partial charge in [-0.05, 0) is 87.6 Å². The molecule has 3 aromatic rings. The third-order valence-corrected chi connectivity index (χ3v) is 6.75. The van der Waals surface area contributed by atoms with E-state index in [0.29, 0.717) is 12.6 Å². The number of H-pyrrole nitrogens is 1. The van der Waals surface area contributed by atoms with E-state index in [2.05, 4.69) is 85.2 Å². The van der Waals surface area contributed by atoms with Gasteiger partial charge in [-0.15, -0.1) is 5.10 Å². The summed E-state index contributed by atoms with van der Waals surface area (Å²) in [5.74, 6) is 0.885. The fourth-order valence-corrected chi connectivity index (χ4v) is 5.20. The summed E-state index contributed by atoms with van der Waals surface area (Å²) in [5.41, 5.74) is 3.86. The van der Waals surface area contributed by atoms with Gasteiger partial charge in [0.2, 0.25) is 0 Å². The Bertz CT molecular complexity index is 1150. The Morgan fingerprint density at radius 2 is 1.91 bits per heavy atom. The van der Waals surface area contributed by atoms with Gasteiger partial charge in [0.05, 0.1) is 11.6 Å². The summed E-state index contributed by atoms with van der Waals surface area (Å²) in [6.07, 6.45) is 5.65. The van der Waals surface area contributed by atoms with Gasteiger partial charge in [0.15, 0.2) is 5.82 Å². The highest BCUT2D eigenvalue weighted by Gasteiger charge is 2.34. The predicted octanol–water partition coefficient (Wildman–Crippen LogP) is 4.78. The lowest BCUT2D eigenvalue weighted by molar-refractivity contribution is 0.108. The van der Waals surface area contributed by atoms with E-state index in [1.54, 1.807) is 0 Å². The Labute approximate surface area is 190 Å². The fraction of sp³-hybridized carbons (Fsp3) is 0.600. The molecule has 0 unspecified atom stereocenters. The molecule has 1 saturated carbocycles. The smallest absolute Gasteiger partial charge is 0.252 e. The van der Waals surface area contributed by atoms with Crippen molar-refractivity contribution in [3.8, 4) is 0 Å². The van der Waals surface area contributed by atoms with Crippen LogP contribution in [0.1, 0.15) is 88.4 Å². The van der Waals surface area contributed by atoms with E-state index in [9.17, 15) is 4.79 Å². The number of fused-ring (bicyclic) bond motifs is 1. The number of aromatic amines is 1. The highest BCUT2D eigenvalue weighted by Crippen LogP contribution is 2.34. The first kappa shape index (κ1) is 22.6. The molecule has 172 valence electrons. The molecule has 0 radical (unpaired) electrons.